The zero-order valence-electron chi connectivity index (χ0n) is 7.49. The lowest BCUT2D eigenvalue weighted by atomic mass is 10.5. The van der Waals surface area contributed by atoms with Gasteiger partial charge in [-0.2, -0.15) is 0 Å². The first kappa shape index (κ1) is 8.84. The van der Waals surface area contributed by atoms with Gasteiger partial charge in [0.15, 0.2) is 6.61 Å². The third-order valence-electron chi connectivity index (χ3n) is 1.35. The van der Waals surface area contributed by atoms with Crippen LogP contribution < -0.4 is 14.3 Å². The molecule has 1 rings (SSSR count). The maximum absolute atomic E-state index is 5.33. The summed E-state index contributed by atoms with van der Waals surface area (Å²) in [6, 6.07) is 5.69. The second-order valence-electron chi connectivity index (χ2n) is 2.22. The van der Waals surface area contributed by atoms with Gasteiger partial charge in [0.2, 0.25) is 6.20 Å². The molecular weight excluding hydrogens is 154 g/mol. The van der Waals surface area contributed by atoms with Crippen molar-refractivity contribution < 1.29 is 14.3 Å². The Morgan fingerprint density at radius 3 is 2.75 bits per heavy atom. The van der Waals surface area contributed by atoms with E-state index in [1.807, 2.05) is 38.2 Å². The number of ether oxygens (including phenoxy) is 1. The molecule has 0 aromatic carbocycles. The summed E-state index contributed by atoms with van der Waals surface area (Å²) in [6.45, 7) is 5.17. The highest BCUT2D eigenvalue weighted by molar-refractivity contribution is 5.01. The van der Waals surface area contributed by atoms with Crippen molar-refractivity contribution in [2.45, 2.75) is 13.8 Å². The molecule has 0 radical (unpaired) electrons. The first-order valence-corrected chi connectivity index (χ1v) is 4.15. The van der Waals surface area contributed by atoms with Gasteiger partial charge in [-0.1, -0.05) is 0 Å². The molecule has 12 heavy (non-hydrogen) atoms. The molecule has 0 amide bonds. The van der Waals surface area contributed by atoms with Crippen LogP contribution in [0.1, 0.15) is 13.8 Å². The van der Waals surface area contributed by atoms with E-state index in [1.165, 1.54) is 0 Å². The monoisotopic (exact) mass is 168 g/mol. The lowest BCUT2D eigenvalue weighted by molar-refractivity contribution is -0.892. The lowest BCUT2D eigenvalue weighted by Gasteiger charge is -2.00. The normalized spacial score (nSPS) is 9.50. The summed E-state index contributed by atoms with van der Waals surface area (Å²) in [5.41, 5.74) is 0. The van der Waals surface area contributed by atoms with Crippen LogP contribution >= 0.6 is 0 Å². The molecule has 0 aliphatic rings. The van der Waals surface area contributed by atoms with Crippen molar-refractivity contribution in [1.82, 2.24) is 0 Å². The predicted octanol–water partition coefficient (Wildman–Crippen LogP) is 0.821. The minimum absolute atomic E-state index is 0.634. The number of pyridine rings is 1. The molecule has 3 nitrogen and oxygen atoms in total. The van der Waals surface area contributed by atoms with E-state index >= 15 is 0 Å². The van der Waals surface area contributed by atoms with Crippen LogP contribution in [0.5, 0.6) is 5.88 Å². The van der Waals surface area contributed by atoms with Crippen LogP contribution in [-0.2, 0) is 0 Å². The number of rotatable bonds is 4. The fraction of sp³-hybridized carbons (Fsp3) is 0.444. The highest BCUT2D eigenvalue weighted by atomic mass is 16.7. The summed E-state index contributed by atoms with van der Waals surface area (Å²) in [5.74, 6) is 0.738. The fourth-order valence-electron chi connectivity index (χ4n) is 0.918. The van der Waals surface area contributed by atoms with E-state index in [1.54, 1.807) is 4.73 Å². The van der Waals surface area contributed by atoms with Crippen LogP contribution in [0.15, 0.2) is 24.4 Å². The third-order valence-corrected chi connectivity index (χ3v) is 1.35. The van der Waals surface area contributed by atoms with Crippen molar-refractivity contribution in [2.24, 2.45) is 0 Å². The van der Waals surface area contributed by atoms with Gasteiger partial charge in [-0.25, -0.2) is 0 Å². The van der Waals surface area contributed by atoms with E-state index in [9.17, 15) is 0 Å². The van der Waals surface area contributed by atoms with Gasteiger partial charge in [0.05, 0.1) is 12.7 Å². The predicted molar refractivity (Wildman–Crippen MR) is 44.9 cm³/mol. The van der Waals surface area contributed by atoms with Crippen LogP contribution in [0.25, 0.3) is 0 Å². The van der Waals surface area contributed by atoms with E-state index in [-0.39, 0.29) is 0 Å². The van der Waals surface area contributed by atoms with Crippen molar-refractivity contribution in [3.8, 4) is 5.88 Å². The second kappa shape index (κ2) is 4.59. The molecule has 0 unspecified atom stereocenters. The van der Waals surface area contributed by atoms with Gasteiger partial charge in [-0.15, -0.1) is 0 Å². The van der Waals surface area contributed by atoms with Crippen molar-refractivity contribution >= 4 is 0 Å². The maximum atomic E-state index is 5.33. The zero-order chi connectivity index (χ0) is 8.81. The second-order valence-corrected chi connectivity index (χ2v) is 2.22. The van der Waals surface area contributed by atoms with Gasteiger partial charge in [0.25, 0.3) is 0 Å². The first-order chi connectivity index (χ1) is 5.88. The summed E-state index contributed by atoms with van der Waals surface area (Å²) in [6.07, 6.45) is 1.83. The highest BCUT2D eigenvalue weighted by Crippen LogP contribution is 1.99. The van der Waals surface area contributed by atoms with E-state index in [2.05, 4.69) is 0 Å². The molecule has 0 aliphatic heterocycles. The Morgan fingerprint density at radius 2 is 2.08 bits per heavy atom. The van der Waals surface area contributed by atoms with E-state index in [0.717, 1.165) is 5.88 Å². The molecule has 0 aliphatic carbocycles. The molecule has 0 saturated heterocycles. The summed E-state index contributed by atoms with van der Waals surface area (Å²) < 4.78 is 6.96. The van der Waals surface area contributed by atoms with E-state index in [0.29, 0.717) is 13.2 Å². The largest absolute Gasteiger partial charge is 0.442 e. The van der Waals surface area contributed by atoms with Crippen LogP contribution in [0.2, 0.25) is 0 Å². The van der Waals surface area contributed by atoms with E-state index in [4.69, 9.17) is 9.57 Å². The van der Waals surface area contributed by atoms with Crippen LogP contribution in [0, 0.1) is 0 Å². The third kappa shape index (κ3) is 2.12. The van der Waals surface area contributed by atoms with Crippen molar-refractivity contribution in [1.29, 1.82) is 0 Å². The SMILES string of the molecule is CCOc1cccc[n+]1OCC. The molecule has 0 bridgehead atoms. The summed E-state index contributed by atoms with van der Waals surface area (Å²) in [5, 5.41) is 0. The molecule has 1 aromatic heterocycles. The first-order valence-electron chi connectivity index (χ1n) is 4.15. The van der Waals surface area contributed by atoms with Crippen molar-refractivity contribution in [2.75, 3.05) is 13.2 Å². The Hall–Kier alpha value is -1.25. The van der Waals surface area contributed by atoms with Crippen LogP contribution in [0.3, 0.4) is 0 Å². The van der Waals surface area contributed by atoms with Gasteiger partial charge >= 0.3 is 5.88 Å². The molecule has 3 heteroatoms. The molecular formula is C9H14NO2+. The number of aromatic nitrogens is 1. The average Bonchev–Trinajstić information content (AvgIpc) is 2.09. The fourth-order valence-corrected chi connectivity index (χ4v) is 0.918. The Balaban J connectivity index is 2.77. The molecule has 66 valence electrons. The minimum atomic E-state index is 0.634. The molecule has 0 atom stereocenters. The maximum Gasteiger partial charge on any atom is 0.416 e. The Morgan fingerprint density at radius 1 is 1.25 bits per heavy atom. The smallest absolute Gasteiger partial charge is 0.416 e. The molecule has 0 spiro atoms. The van der Waals surface area contributed by atoms with Gasteiger partial charge in [0.1, 0.15) is 0 Å². The van der Waals surface area contributed by atoms with E-state index < -0.39 is 0 Å². The van der Waals surface area contributed by atoms with Gasteiger partial charge in [-0.3, -0.25) is 4.84 Å². The van der Waals surface area contributed by atoms with Gasteiger partial charge in [0, 0.05) is 10.8 Å². The molecule has 0 N–H and O–H groups in total. The number of nitrogens with zero attached hydrogens (tertiary/aromatic N) is 1. The quantitative estimate of drug-likeness (QED) is 0.621. The summed E-state index contributed by atoms with van der Waals surface area (Å²) >= 11 is 0. The zero-order valence-corrected chi connectivity index (χ0v) is 7.49. The lowest BCUT2D eigenvalue weighted by Crippen LogP contribution is -2.43. The van der Waals surface area contributed by atoms with Gasteiger partial charge in [-0.05, 0) is 19.9 Å². The number of hydrogen-bond donors (Lipinski definition) is 0. The average molecular weight is 168 g/mol. The summed E-state index contributed by atoms with van der Waals surface area (Å²) in [7, 11) is 0. The Labute approximate surface area is 72.5 Å². The topological polar surface area (TPSA) is 22.3 Å². The molecule has 1 aromatic rings. The van der Waals surface area contributed by atoms with Crippen molar-refractivity contribution in [3.63, 3.8) is 0 Å². The summed E-state index contributed by atoms with van der Waals surface area (Å²) in [4.78, 5) is 5.28. The van der Waals surface area contributed by atoms with Gasteiger partial charge < -0.3 is 4.74 Å². The Kier molecular flexibility index (Phi) is 3.38. The Bertz CT molecular complexity index is 213. The standard InChI is InChI=1S/C9H14NO2/c1-3-11-9-7-5-6-8-10(9)12-4-2/h5-8H,3-4H2,1-2H3/q+1. The minimum Gasteiger partial charge on any atom is -0.442 e. The van der Waals surface area contributed by atoms with Crippen LogP contribution in [-0.4, -0.2) is 13.2 Å². The molecule has 1 heterocycles. The molecule has 0 fully saturated rings. The van der Waals surface area contributed by atoms with Crippen LogP contribution in [0.4, 0.5) is 0 Å². The van der Waals surface area contributed by atoms with Crippen molar-refractivity contribution in [3.05, 3.63) is 24.4 Å². The molecule has 0 saturated carbocycles. The number of hydrogen-bond acceptors (Lipinski definition) is 2. The highest BCUT2D eigenvalue weighted by Gasteiger charge is 2.10.